The summed E-state index contributed by atoms with van der Waals surface area (Å²) < 4.78 is 0.355. The molecule has 1 rings (SSSR count). The Kier molecular flexibility index (Phi) is 2.92. The van der Waals surface area contributed by atoms with Gasteiger partial charge in [-0.1, -0.05) is 34.8 Å². The first-order chi connectivity index (χ1) is 5.04. The van der Waals surface area contributed by atoms with Crippen LogP contribution in [0.2, 0.25) is 15.1 Å². The number of benzene rings is 1. The van der Waals surface area contributed by atoms with Crippen LogP contribution in [0.1, 0.15) is 0 Å². The minimum absolute atomic E-state index is 0.0999. The number of aromatic hydroxyl groups is 1. The summed E-state index contributed by atoms with van der Waals surface area (Å²) in [6.45, 7) is 0. The highest BCUT2D eigenvalue weighted by Crippen LogP contribution is 2.41. The zero-order chi connectivity index (χ0) is 8.59. The molecule has 1 aromatic carbocycles. The van der Waals surface area contributed by atoms with Gasteiger partial charge in [-0.2, -0.15) is 0 Å². The fourth-order valence-electron chi connectivity index (χ4n) is 0.561. The molecule has 0 bridgehead atoms. The third kappa shape index (κ3) is 1.75. The summed E-state index contributed by atoms with van der Waals surface area (Å²) in [6.07, 6.45) is 0. The largest absolute Gasteiger partial charge is 0.505 e. The zero-order valence-corrected chi connectivity index (χ0v) is 8.89. The van der Waals surface area contributed by atoms with Gasteiger partial charge >= 0.3 is 0 Å². The van der Waals surface area contributed by atoms with Gasteiger partial charge in [-0.05, 0) is 22.0 Å². The van der Waals surface area contributed by atoms with Gasteiger partial charge in [0.2, 0.25) is 0 Å². The van der Waals surface area contributed by atoms with Crippen LogP contribution in [0.5, 0.6) is 5.75 Å². The molecule has 0 saturated carbocycles. The van der Waals surface area contributed by atoms with E-state index in [-0.39, 0.29) is 15.8 Å². The Morgan fingerprint density at radius 1 is 1.18 bits per heavy atom. The minimum Gasteiger partial charge on any atom is -0.505 e. The van der Waals surface area contributed by atoms with E-state index in [2.05, 4.69) is 15.9 Å². The number of phenolic OH excluding ortho intramolecular Hbond substituents is 1. The van der Waals surface area contributed by atoms with E-state index in [1.165, 1.54) is 6.07 Å². The van der Waals surface area contributed by atoms with E-state index in [0.29, 0.717) is 9.50 Å². The van der Waals surface area contributed by atoms with Crippen LogP contribution in [0.4, 0.5) is 0 Å². The molecular weight excluding hydrogens is 274 g/mol. The Bertz CT molecular complexity index is 274. The molecule has 0 spiro atoms. The molecule has 0 radical (unpaired) electrons. The molecule has 0 aliphatic heterocycles. The molecule has 0 aliphatic carbocycles. The standard InChI is InChI=1S/C6H2BrCl3O/c7-4-2(8)1-3(9)5(10)6(4)11/h1,11H. The van der Waals surface area contributed by atoms with Crippen LogP contribution in [0.15, 0.2) is 10.5 Å². The zero-order valence-electron chi connectivity index (χ0n) is 5.04. The second kappa shape index (κ2) is 3.40. The molecule has 0 aliphatic rings. The molecule has 11 heavy (non-hydrogen) atoms. The SMILES string of the molecule is Oc1c(Cl)c(Cl)cc(Cl)c1Br. The summed E-state index contributed by atoms with van der Waals surface area (Å²) in [7, 11) is 0. The molecule has 5 heteroatoms. The fraction of sp³-hybridized carbons (Fsp3) is 0. The third-order valence-corrected chi connectivity index (χ3v) is 3.20. The number of hydrogen-bond donors (Lipinski definition) is 1. The van der Waals surface area contributed by atoms with Crippen molar-refractivity contribution < 1.29 is 5.11 Å². The predicted octanol–water partition coefficient (Wildman–Crippen LogP) is 4.11. The van der Waals surface area contributed by atoms with E-state index in [1.54, 1.807) is 0 Å². The monoisotopic (exact) mass is 274 g/mol. The van der Waals surface area contributed by atoms with E-state index in [4.69, 9.17) is 34.8 Å². The third-order valence-electron chi connectivity index (χ3n) is 1.09. The maximum atomic E-state index is 9.22. The van der Waals surface area contributed by atoms with Crippen molar-refractivity contribution in [2.24, 2.45) is 0 Å². The lowest BCUT2D eigenvalue weighted by molar-refractivity contribution is 0.472. The minimum atomic E-state index is -0.135. The molecule has 1 N–H and O–H groups in total. The topological polar surface area (TPSA) is 20.2 Å². The van der Waals surface area contributed by atoms with Gasteiger partial charge in [0.1, 0.15) is 5.02 Å². The van der Waals surface area contributed by atoms with Crippen molar-refractivity contribution in [1.82, 2.24) is 0 Å². The van der Waals surface area contributed by atoms with Crippen LogP contribution in [-0.4, -0.2) is 5.11 Å². The quantitative estimate of drug-likeness (QED) is 0.707. The Balaban J connectivity index is 3.46. The first-order valence-electron chi connectivity index (χ1n) is 2.56. The number of halogens is 4. The maximum absolute atomic E-state index is 9.22. The van der Waals surface area contributed by atoms with E-state index in [0.717, 1.165) is 0 Å². The first kappa shape index (κ1) is 9.46. The van der Waals surface area contributed by atoms with Gasteiger partial charge in [-0.3, -0.25) is 0 Å². The normalized spacial score (nSPS) is 10.2. The molecule has 0 saturated heterocycles. The van der Waals surface area contributed by atoms with E-state index >= 15 is 0 Å². The van der Waals surface area contributed by atoms with Crippen LogP contribution in [-0.2, 0) is 0 Å². The summed E-state index contributed by atoms with van der Waals surface area (Å²) >= 11 is 19.9. The lowest BCUT2D eigenvalue weighted by Crippen LogP contribution is -1.75. The van der Waals surface area contributed by atoms with Gasteiger partial charge in [0, 0.05) is 0 Å². The predicted molar refractivity (Wildman–Crippen MR) is 50.8 cm³/mol. The van der Waals surface area contributed by atoms with Crippen molar-refractivity contribution >= 4 is 50.7 Å². The lowest BCUT2D eigenvalue weighted by atomic mass is 10.3. The Morgan fingerprint density at radius 2 is 1.73 bits per heavy atom. The molecule has 0 amide bonds. The van der Waals surface area contributed by atoms with E-state index in [9.17, 15) is 5.11 Å². The molecule has 0 unspecified atom stereocenters. The van der Waals surface area contributed by atoms with Crippen LogP contribution in [0.3, 0.4) is 0 Å². The first-order valence-corrected chi connectivity index (χ1v) is 4.48. The Hall–Kier alpha value is 0.370. The van der Waals surface area contributed by atoms with Gasteiger partial charge in [0.05, 0.1) is 14.5 Å². The molecule has 0 aromatic heterocycles. The molecule has 0 heterocycles. The van der Waals surface area contributed by atoms with Gasteiger partial charge in [-0.25, -0.2) is 0 Å². The smallest absolute Gasteiger partial charge is 0.151 e. The summed E-state index contributed by atoms with van der Waals surface area (Å²) in [5.41, 5.74) is 0. The molecule has 1 nitrogen and oxygen atoms in total. The highest BCUT2D eigenvalue weighted by atomic mass is 79.9. The van der Waals surface area contributed by atoms with Crippen molar-refractivity contribution in [3.05, 3.63) is 25.6 Å². The Labute approximate surface area is 87.0 Å². The second-order valence-corrected chi connectivity index (χ2v) is 3.80. The number of phenols is 1. The van der Waals surface area contributed by atoms with E-state index < -0.39 is 0 Å². The van der Waals surface area contributed by atoms with Gasteiger partial charge in [0.25, 0.3) is 0 Å². The highest BCUT2D eigenvalue weighted by Gasteiger charge is 2.11. The molecule has 0 fully saturated rings. The lowest BCUT2D eigenvalue weighted by Gasteiger charge is -2.03. The number of hydrogen-bond acceptors (Lipinski definition) is 1. The van der Waals surface area contributed by atoms with Crippen molar-refractivity contribution in [3.63, 3.8) is 0 Å². The summed E-state index contributed by atoms with van der Waals surface area (Å²) in [4.78, 5) is 0. The van der Waals surface area contributed by atoms with Gasteiger partial charge < -0.3 is 5.11 Å². The molecule has 1 aromatic rings. The van der Waals surface area contributed by atoms with Crippen molar-refractivity contribution in [1.29, 1.82) is 0 Å². The van der Waals surface area contributed by atoms with Crippen molar-refractivity contribution in [3.8, 4) is 5.75 Å². The average molecular weight is 276 g/mol. The van der Waals surface area contributed by atoms with Crippen LogP contribution >= 0.6 is 50.7 Å². The van der Waals surface area contributed by atoms with Crippen molar-refractivity contribution in [2.45, 2.75) is 0 Å². The fourth-order valence-corrected chi connectivity index (χ4v) is 1.59. The van der Waals surface area contributed by atoms with Crippen LogP contribution in [0, 0.1) is 0 Å². The second-order valence-electron chi connectivity index (χ2n) is 1.82. The summed E-state index contributed by atoms with van der Waals surface area (Å²) in [5.74, 6) is -0.135. The highest BCUT2D eigenvalue weighted by molar-refractivity contribution is 9.10. The van der Waals surface area contributed by atoms with Crippen molar-refractivity contribution in [2.75, 3.05) is 0 Å². The van der Waals surface area contributed by atoms with Crippen LogP contribution in [0.25, 0.3) is 0 Å². The average Bonchev–Trinajstić information content (AvgIpc) is 1.97. The Morgan fingerprint density at radius 3 is 2.27 bits per heavy atom. The van der Waals surface area contributed by atoms with Crippen LogP contribution < -0.4 is 0 Å². The van der Waals surface area contributed by atoms with Gasteiger partial charge in [0.15, 0.2) is 5.75 Å². The maximum Gasteiger partial charge on any atom is 0.151 e. The molecule has 60 valence electrons. The summed E-state index contributed by atoms with van der Waals surface area (Å²) in [5, 5.41) is 9.88. The van der Waals surface area contributed by atoms with E-state index in [1.807, 2.05) is 0 Å². The number of rotatable bonds is 0. The summed E-state index contributed by atoms with van der Waals surface area (Å²) in [6, 6.07) is 1.45. The molecular formula is C6H2BrCl3O. The van der Waals surface area contributed by atoms with Gasteiger partial charge in [-0.15, -0.1) is 0 Å². The molecule has 0 atom stereocenters.